The third kappa shape index (κ3) is 5.18. The number of amides is 1. The predicted molar refractivity (Wildman–Crippen MR) is 151 cm³/mol. The first kappa shape index (κ1) is 24.8. The van der Waals surface area contributed by atoms with Crippen LogP contribution in [0, 0.1) is 27.7 Å². The third-order valence-electron chi connectivity index (χ3n) is 6.73. The first-order chi connectivity index (χ1) is 17.8. The number of aromatic nitrogens is 3. The topological polar surface area (TPSA) is 71.8 Å². The average Bonchev–Trinajstić information content (AvgIpc) is 3.28. The van der Waals surface area contributed by atoms with Crippen molar-refractivity contribution in [1.82, 2.24) is 14.8 Å². The number of carbonyl (C=O) groups is 1. The lowest BCUT2D eigenvalue weighted by Gasteiger charge is -2.29. The normalized spacial score (nSPS) is 14.8. The SMILES string of the molecule is CC1=C(C(=O)Nc2ccccc2C)C(c2ccc(C)cc2)n2nc(SCc3cc(C)ccc3C)nc2N1. The molecule has 1 amide bonds. The van der Waals surface area contributed by atoms with Crippen molar-refractivity contribution in [2.24, 2.45) is 0 Å². The molecule has 188 valence electrons. The van der Waals surface area contributed by atoms with Crippen molar-refractivity contribution in [2.45, 2.75) is 51.6 Å². The van der Waals surface area contributed by atoms with Crippen molar-refractivity contribution < 1.29 is 4.79 Å². The van der Waals surface area contributed by atoms with Gasteiger partial charge in [-0.05, 0) is 62.9 Å². The Balaban J connectivity index is 1.49. The average molecular weight is 510 g/mol. The first-order valence-electron chi connectivity index (χ1n) is 12.4. The number of nitrogens with one attached hydrogen (secondary N) is 2. The monoisotopic (exact) mass is 509 g/mol. The molecule has 37 heavy (non-hydrogen) atoms. The number of thioether (sulfide) groups is 1. The molecule has 1 aliphatic rings. The molecule has 0 aliphatic carbocycles. The zero-order valence-corrected chi connectivity index (χ0v) is 22.6. The Morgan fingerprint density at radius 2 is 1.68 bits per heavy atom. The second-order valence-electron chi connectivity index (χ2n) is 9.63. The number of anilines is 2. The number of aryl methyl sites for hydroxylation is 4. The van der Waals surface area contributed by atoms with Gasteiger partial charge in [-0.25, -0.2) is 4.68 Å². The Bertz CT molecular complexity index is 1500. The third-order valence-corrected chi connectivity index (χ3v) is 7.61. The highest BCUT2D eigenvalue weighted by Gasteiger charge is 2.34. The second kappa shape index (κ2) is 10.3. The van der Waals surface area contributed by atoms with Crippen LogP contribution in [0.15, 0.2) is 83.2 Å². The minimum Gasteiger partial charge on any atom is -0.328 e. The lowest BCUT2D eigenvalue weighted by Crippen LogP contribution is -2.31. The van der Waals surface area contributed by atoms with Gasteiger partial charge in [-0.15, -0.1) is 5.10 Å². The molecule has 5 rings (SSSR count). The summed E-state index contributed by atoms with van der Waals surface area (Å²) in [6.07, 6.45) is 0. The summed E-state index contributed by atoms with van der Waals surface area (Å²) in [4.78, 5) is 18.5. The zero-order chi connectivity index (χ0) is 26.1. The molecule has 0 saturated carbocycles. The van der Waals surface area contributed by atoms with E-state index in [9.17, 15) is 4.79 Å². The van der Waals surface area contributed by atoms with Crippen LogP contribution in [0.25, 0.3) is 0 Å². The van der Waals surface area contributed by atoms with Crippen LogP contribution in [-0.4, -0.2) is 20.7 Å². The Labute approximate surface area is 222 Å². The molecule has 2 N–H and O–H groups in total. The number of hydrogen-bond acceptors (Lipinski definition) is 5. The Hall–Kier alpha value is -3.84. The summed E-state index contributed by atoms with van der Waals surface area (Å²) in [5.41, 5.74) is 9.10. The van der Waals surface area contributed by atoms with Crippen LogP contribution < -0.4 is 10.6 Å². The van der Waals surface area contributed by atoms with Gasteiger partial charge in [-0.1, -0.05) is 83.6 Å². The van der Waals surface area contributed by atoms with E-state index in [0.29, 0.717) is 16.7 Å². The molecule has 0 bridgehead atoms. The fourth-order valence-electron chi connectivity index (χ4n) is 4.54. The number of benzene rings is 3. The van der Waals surface area contributed by atoms with E-state index in [0.717, 1.165) is 33.8 Å². The molecule has 7 heteroatoms. The maximum absolute atomic E-state index is 13.7. The summed E-state index contributed by atoms with van der Waals surface area (Å²) >= 11 is 1.60. The van der Waals surface area contributed by atoms with Crippen LogP contribution in [0.4, 0.5) is 11.6 Å². The minimum absolute atomic E-state index is 0.157. The van der Waals surface area contributed by atoms with Gasteiger partial charge in [-0.3, -0.25) is 4.79 Å². The fraction of sp³-hybridized carbons (Fsp3) is 0.233. The summed E-state index contributed by atoms with van der Waals surface area (Å²) in [5, 5.41) is 12.0. The quantitative estimate of drug-likeness (QED) is 0.282. The van der Waals surface area contributed by atoms with E-state index in [1.807, 2.05) is 42.8 Å². The molecule has 1 aromatic heterocycles. The lowest BCUT2D eigenvalue weighted by atomic mass is 9.94. The molecule has 0 radical (unpaired) electrons. The maximum atomic E-state index is 13.7. The van der Waals surface area contributed by atoms with Crippen molar-refractivity contribution in [2.75, 3.05) is 10.6 Å². The number of hydrogen-bond donors (Lipinski definition) is 2. The molecule has 0 fully saturated rings. The molecule has 1 aliphatic heterocycles. The Kier molecular flexibility index (Phi) is 6.89. The van der Waals surface area contributed by atoms with E-state index < -0.39 is 6.04 Å². The van der Waals surface area contributed by atoms with Gasteiger partial charge in [0.05, 0.1) is 5.57 Å². The van der Waals surface area contributed by atoms with Crippen LogP contribution >= 0.6 is 11.8 Å². The number of para-hydroxylation sites is 1. The first-order valence-corrected chi connectivity index (χ1v) is 13.4. The van der Waals surface area contributed by atoms with Crippen LogP contribution in [0.1, 0.15) is 46.3 Å². The van der Waals surface area contributed by atoms with Crippen LogP contribution in [0.3, 0.4) is 0 Å². The number of carbonyl (C=O) groups excluding carboxylic acids is 1. The van der Waals surface area contributed by atoms with Crippen molar-refractivity contribution in [1.29, 1.82) is 0 Å². The predicted octanol–water partition coefficient (Wildman–Crippen LogP) is 6.73. The fourth-order valence-corrected chi connectivity index (χ4v) is 5.44. The maximum Gasteiger partial charge on any atom is 0.255 e. The molecule has 6 nitrogen and oxygen atoms in total. The van der Waals surface area contributed by atoms with Crippen molar-refractivity contribution in [3.63, 3.8) is 0 Å². The molecule has 0 saturated heterocycles. The number of allylic oxidation sites excluding steroid dienone is 1. The molecule has 1 atom stereocenters. The molecule has 0 spiro atoms. The molecule has 2 heterocycles. The van der Waals surface area contributed by atoms with Gasteiger partial charge in [0, 0.05) is 17.1 Å². The van der Waals surface area contributed by atoms with E-state index in [1.165, 1.54) is 16.7 Å². The van der Waals surface area contributed by atoms with Crippen molar-refractivity contribution in [3.8, 4) is 0 Å². The van der Waals surface area contributed by atoms with Crippen molar-refractivity contribution >= 4 is 29.3 Å². The number of rotatable bonds is 6. The highest BCUT2D eigenvalue weighted by molar-refractivity contribution is 7.98. The van der Waals surface area contributed by atoms with Gasteiger partial charge < -0.3 is 10.6 Å². The summed E-state index contributed by atoms with van der Waals surface area (Å²) < 4.78 is 1.84. The summed E-state index contributed by atoms with van der Waals surface area (Å²) in [7, 11) is 0. The van der Waals surface area contributed by atoms with Gasteiger partial charge in [0.15, 0.2) is 0 Å². The highest BCUT2D eigenvalue weighted by Crippen LogP contribution is 2.37. The van der Waals surface area contributed by atoms with E-state index in [4.69, 9.17) is 10.1 Å². The summed E-state index contributed by atoms with van der Waals surface area (Å²) in [5.74, 6) is 1.26. The van der Waals surface area contributed by atoms with Gasteiger partial charge in [-0.2, -0.15) is 4.98 Å². The van der Waals surface area contributed by atoms with Crippen LogP contribution in [0.2, 0.25) is 0 Å². The van der Waals surface area contributed by atoms with E-state index in [2.05, 4.69) is 73.9 Å². The molecular weight excluding hydrogens is 478 g/mol. The number of fused-ring (bicyclic) bond motifs is 1. The van der Waals surface area contributed by atoms with E-state index in [1.54, 1.807) is 11.8 Å². The lowest BCUT2D eigenvalue weighted by molar-refractivity contribution is -0.113. The molecule has 4 aromatic rings. The minimum atomic E-state index is -0.400. The van der Waals surface area contributed by atoms with Crippen molar-refractivity contribution in [3.05, 3.63) is 111 Å². The van der Waals surface area contributed by atoms with Crippen LogP contribution in [-0.2, 0) is 10.5 Å². The van der Waals surface area contributed by atoms with Gasteiger partial charge in [0.25, 0.3) is 5.91 Å². The molecule has 3 aromatic carbocycles. The van der Waals surface area contributed by atoms with E-state index >= 15 is 0 Å². The smallest absolute Gasteiger partial charge is 0.255 e. The van der Waals surface area contributed by atoms with E-state index in [-0.39, 0.29) is 5.91 Å². The summed E-state index contributed by atoms with van der Waals surface area (Å²) in [6.45, 7) is 10.2. The molecular formula is C30H31N5OS. The zero-order valence-electron chi connectivity index (χ0n) is 21.8. The number of nitrogens with zero attached hydrogens (tertiary/aromatic N) is 3. The highest BCUT2D eigenvalue weighted by atomic mass is 32.2. The van der Waals surface area contributed by atoms with Crippen LogP contribution in [0.5, 0.6) is 0 Å². The molecule has 1 unspecified atom stereocenters. The second-order valence-corrected chi connectivity index (χ2v) is 10.6. The summed E-state index contributed by atoms with van der Waals surface area (Å²) in [6, 6.07) is 22.2. The van der Waals surface area contributed by atoms with Gasteiger partial charge in [0.2, 0.25) is 11.1 Å². The van der Waals surface area contributed by atoms with Gasteiger partial charge in [0.1, 0.15) is 6.04 Å². The van der Waals surface area contributed by atoms with Gasteiger partial charge >= 0.3 is 0 Å². The Morgan fingerprint density at radius 3 is 2.43 bits per heavy atom. The Morgan fingerprint density at radius 1 is 0.946 bits per heavy atom. The largest absolute Gasteiger partial charge is 0.328 e. The standard InChI is InChI=1S/C30H31N5OS/c1-18-11-14-23(15-12-18)27-26(28(36)32-25-9-7-6-8-21(25)4)22(5)31-29-33-30(34-35(27)29)37-17-24-16-19(2)10-13-20(24)3/h6-16,27H,17H2,1-5H3,(H,32,36)(H,31,33,34).